The molecule has 2 rings (SSSR count). The van der Waals surface area contributed by atoms with Crippen LogP contribution in [0.3, 0.4) is 0 Å². The Morgan fingerprint density at radius 1 is 0.960 bits per heavy atom. The van der Waals surface area contributed by atoms with E-state index in [9.17, 15) is 13.2 Å². The van der Waals surface area contributed by atoms with E-state index in [2.05, 4.69) is 10.6 Å². The van der Waals surface area contributed by atoms with Crippen LogP contribution in [0.25, 0.3) is 0 Å². The molecule has 0 heterocycles. The number of benzene rings is 2. The van der Waals surface area contributed by atoms with Crippen molar-refractivity contribution in [3.63, 3.8) is 0 Å². The molecule has 7 nitrogen and oxygen atoms in total. The van der Waals surface area contributed by atoms with E-state index < -0.39 is 9.84 Å². The fourth-order valence-electron chi connectivity index (χ4n) is 2.12. The van der Waals surface area contributed by atoms with Crippen molar-refractivity contribution in [3.8, 4) is 11.5 Å². The molecule has 1 amide bonds. The Balaban J connectivity index is 1.94. The molecule has 2 aromatic rings. The Kier molecular flexibility index (Phi) is 5.87. The van der Waals surface area contributed by atoms with Gasteiger partial charge in [-0.3, -0.25) is 4.79 Å². The number of hydrogen-bond acceptors (Lipinski definition) is 6. The van der Waals surface area contributed by atoms with Crippen LogP contribution in [0.4, 0.5) is 11.4 Å². The number of sulfone groups is 1. The molecule has 0 aliphatic rings. The number of amides is 1. The van der Waals surface area contributed by atoms with Crippen LogP contribution in [0.15, 0.2) is 47.4 Å². The zero-order valence-corrected chi connectivity index (χ0v) is 15.0. The van der Waals surface area contributed by atoms with Gasteiger partial charge in [-0.2, -0.15) is 0 Å². The minimum Gasteiger partial charge on any atom is -0.493 e. The van der Waals surface area contributed by atoms with Gasteiger partial charge in [-0.05, 0) is 36.4 Å². The van der Waals surface area contributed by atoms with E-state index in [1.54, 1.807) is 30.3 Å². The summed E-state index contributed by atoms with van der Waals surface area (Å²) in [6, 6.07) is 11.3. The van der Waals surface area contributed by atoms with E-state index in [0.29, 0.717) is 22.9 Å². The molecule has 0 aromatic heterocycles. The number of rotatable bonds is 7. The smallest absolute Gasteiger partial charge is 0.243 e. The van der Waals surface area contributed by atoms with Gasteiger partial charge >= 0.3 is 0 Å². The average molecular weight is 364 g/mol. The van der Waals surface area contributed by atoms with E-state index in [4.69, 9.17) is 9.47 Å². The van der Waals surface area contributed by atoms with Gasteiger partial charge in [0, 0.05) is 23.7 Å². The molecule has 0 spiro atoms. The summed E-state index contributed by atoms with van der Waals surface area (Å²) in [4.78, 5) is 12.3. The van der Waals surface area contributed by atoms with Crippen molar-refractivity contribution in [2.45, 2.75) is 4.90 Å². The quantitative estimate of drug-likeness (QED) is 0.782. The third-order valence-electron chi connectivity index (χ3n) is 3.40. The summed E-state index contributed by atoms with van der Waals surface area (Å²) in [6.45, 7) is 0.0343. The highest BCUT2D eigenvalue weighted by molar-refractivity contribution is 7.90. The summed E-state index contributed by atoms with van der Waals surface area (Å²) < 4.78 is 33.1. The molecule has 2 aromatic carbocycles. The monoisotopic (exact) mass is 364 g/mol. The maximum atomic E-state index is 12.0. The first-order valence-corrected chi connectivity index (χ1v) is 9.28. The number of carbonyl (C=O) groups excluding carboxylic acids is 1. The summed E-state index contributed by atoms with van der Waals surface area (Å²) in [6.07, 6.45) is 1.14. The molecular formula is C17H20N2O5S. The lowest BCUT2D eigenvalue weighted by Gasteiger charge is -2.11. The SMILES string of the molecule is COc1ccc(NC(=O)CNc2ccc(S(C)(=O)=O)cc2)cc1OC. The van der Waals surface area contributed by atoms with Gasteiger partial charge in [-0.15, -0.1) is 0 Å². The van der Waals surface area contributed by atoms with Gasteiger partial charge in [0.15, 0.2) is 21.3 Å². The molecule has 8 heteroatoms. The first kappa shape index (κ1) is 18.6. The Hall–Kier alpha value is -2.74. The van der Waals surface area contributed by atoms with Gasteiger partial charge in [0.1, 0.15) is 0 Å². The molecule has 0 saturated carbocycles. The molecular weight excluding hydrogens is 344 g/mol. The van der Waals surface area contributed by atoms with Crippen LogP contribution in [-0.2, 0) is 14.6 Å². The summed E-state index contributed by atoms with van der Waals surface area (Å²) >= 11 is 0. The second-order valence-electron chi connectivity index (χ2n) is 5.27. The second kappa shape index (κ2) is 7.89. The molecule has 0 atom stereocenters. The Morgan fingerprint density at radius 2 is 1.56 bits per heavy atom. The van der Waals surface area contributed by atoms with Gasteiger partial charge in [-0.25, -0.2) is 8.42 Å². The minimum atomic E-state index is -3.23. The van der Waals surface area contributed by atoms with Crippen molar-refractivity contribution in [1.82, 2.24) is 0 Å². The molecule has 0 unspecified atom stereocenters. The predicted octanol–water partition coefficient (Wildman–Crippen LogP) is 2.16. The zero-order valence-electron chi connectivity index (χ0n) is 14.2. The molecule has 0 bridgehead atoms. The van der Waals surface area contributed by atoms with E-state index in [1.165, 1.54) is 26.4 Å². The Labute approximate surface area is 146 Å². The van der Waals surface area contributed by atoms with Gasteiger partial charge < -0.3 is 20.1 Å². The third kappa shape index (κ3) is 5.12. The predicted molar refractivity (Wildman–Crippen MR) is 96.2 cm³/mol. The molecule has 134 valence electrons. The van der Waals surface area contributed by atoms with Gasteiger partial charge in [0.25, 0.3) is 0 Å². The average Bonchev–Trinajstić information content (AvgIpc) is 2.59. The minimum absolute atomic E-state index is 0.0343. The number of methoxy groups -OCH3 is 2. The Bertz CT molecular complexity index is 848. The maximum Gasteiger partial charge on any atom is 0.243 e. The maximum absolute atomic E-state index is 12.0. The normalized spacial score (nSPS) is 10.8. The fraction of sp³-hybridized carbons (Fsp3) is 0.235. The van der Waals surface area contributed by atoms with Gasteiger partial charge in [0.2, 0.25) is 5.91 Å². The van der Waals surface area contributed by atoms with Crippen molar-refractivity contribution in [2.75, 3.05) is 37.7 Å². The summed E-state index contributed by atoms with van der Waals surface area (Å²) in [7, 11) is -0.177. The van der Waals surface area contributed by atoms with Crippen LogP contribution in [0.5, 0.6) is 11.5 Å². The van der Waals surface area contributed by atoms with Crippen molar-refractivity contribution >= 4 is 27.1 Å². The van der Waals surface area contributed by atoms with Crippen LogP contribution in [-0.4, -0.2) is 41.3 Å². The molecule has 0 aliphatic heterocycles. The van der Waals surface area contributed by atoms with E-state index in [0.717, 1.165) is 6.26 Å². The van der Waals surface area contributed by atoms with Crippen LogP contribution < -0.4 is 20.1 Å². The highest BCUT2D eigenvalue weighted by Crippen LogP contribution is 2.29. The lowest BCUT2D eigenvalue weighted by atomic mass is 10.2. The number of nitrogens with one attached hydrogen (secondary N) is 2. The van der Waals surface area contributed by atoms with Crippen LogP contribution in [0, 0.1) is 0 Å². The summed E-state index contributed by atoms with van der Waals surface area (Å²) in [5.41, 5.74) is 1.23. The lowest BCUT2D eigenvalue weighted by molar-refractivity contribution is -0.114. The topological polar surface area (TPSA) is 93.7 Å². The molecule has 25 heavy (non-hydrogen) atoms. The molecule has 2 N–H and O–H groups in total. The zero-order chi connectivity index (χ0) is 18.4. The molecule has 0 radical (unpaired) electrons. The summed E-state index contributed by atoms with van der Waals surface area (Å²) in [5.74, 6) is 0.841. The van der Waals surface area contributed by atoms with E-state index in [1.807, 2.05) is 0 Å². The van der Waals surface area contributed by atoms with Crippen molar-refractivity contribution < 1.29 is 22.7 Å². The van der Waals surface area contributed by atoms with Gasteiger partial charge in [-0.1, -0.05) is 0 Å². The highest BCUT2D eigenvalue weighted by Gasteiger charge is 2.09. The largest absolute Gasteiger partial charge is 0.493 e. The number of hydrogen-bond donors (Lipinski definition) is 2. The number of carbonyl (C=O) groups is 1. The second-order valence-corrected chi connectivity index (χ2v) is 7.28. The van der Waals surface area contributed by atoms with E-state index >= 15 is 0 Å². The lowest BCUT2D eigenvalue weighted by Crippen LogP contribution is -2.21. The van der Waals surface area contributed by atoms with Crippen LogP contribution in [0.2, 0.25) is 0 Å². The molecule has 0 saturated heterocycles. The number of anilines is 2. The van der Waals surface area contributed by atoms with Crippen LogP contribution >= 0.6 is 0 Å². The Morgan fingerprint density at radius 3 is 2.12 bits per heavy atom. The summed E-state index contributed by atoms with van der Waals surface area (Å²) in [5, 5.41) is 5.67. The number of ether oxygens (including phenoxy) is 2. The van der Waals surface area contributed by atoms with Crippen molar-refractivity contribution in [3.05, 3.63) is 42.5 Å². The fourth-order valence-corrected chi connectivity index (χ4v) is 2.75. The van der Waals surface area contributed by atoms with E-state index in [-0.39, 0.29) is 17.3 Å². The van der Waals surface area contributed by atoms with Crippen LogP contribution in [0.1, 0.15) is 0 Å². The third-order valence-corrected chi connectivity index (χ3v) is 4.53. The van der Waals surface area contributed by atoms with Crippen molar-refractivity contribution in [1.29, 1.82) is 0 Å². The first-order chi connectivity index (χ1) is 11.8. The standard InChI is InChI=1S/C17H20N2O5S/c1-23-15-9-6-13(10-16(15)24-2)19-17(20)11-18-12-4-7-14(8-5-12)25(3,21)22/h4-10,18H,11H2,1-3H3,(H,19,20). The highest BCUT2D eigenvalue weighted by atomic mass is 32.2. The van der Waals surface area contributed by atoms with Gasteiger partial charge in [0.05, 0.1) is 25.7 Å². The molecule has 0 fully saturated rings. The molecule has 0 aliphatic carbocycles. The van der Waals surface area contributed by atoms with Crippen molar-refractivity contribution in [2.24, 2.45) is 0 Å². The first-order valence-electron chi connectivity index (χ1n) is 7.39.